The van der Waals surface area contributed by atoms with Crippen LogP contribution in [0.1, 0.15) is 20.3 Å². The molecule has 50 valence electrons. The van der Waals surface area contributed by atoms with E-state index in [1.807, 2.05) is 13.8 Å². The average molecular weight is 156 g/mol. The molecule has 3 heteroatoms. The molecule has 0 aliphatic rings. The van der Waals surface area contributed by atoms with E-state index in [2.05, 4.69) is 4.84 Å². The second kappa shape index (κ2) is 3.54. The van der Waals surface area contributed by atoms with Crippen LogP contribution >= 0.6 is 23.4 Å². The van der Waals surface area contributed by atoms with Gasteiger partial charge < -0.3 is 0 Å². The van der Waals surface area contributed by atoms with E-state index >= 15 is 0 Å². The first kappa shape index (κ1) is 8.54. The summed E-state index contributed by atoms with van der Waals surface area (Å²) in [6, 6.07) is 0. The molecule has 1 N–H and O–H groups in total. The van der Waals surface area contributed by atoms with E-state index in [1.54, 1.807) is 0 Å². The predicted octanol–water partition coefficient (Wildman–Crippen LogP) is 2.14. The van der Waals surface area contributed by atoms with Crippen LogP contribution in [0.25, 0.3) is 0 Å². The molecule has 0 aromatic heterocycles. The van der Waals surface area contributed by atoms with Gasteiger partial charge in [-0.15, -0.1) is 11.6 Å². The summed E-state index contributed by atoms with van der Waals surface area (Å²) in [5, 5.41) is 0. The van der Waals surface area contributed by atoms with Gasteiger partial charge in [-0.1, -0.05) is 0 Å². The van der Waals surface area contributed by atoms with Crippen molar-refractivity contribution in [1.82, 2.24) is 4.84 Å². The largest absolute Gasteiger partial charge is 0.228 e. The highest BCUT2D eigenvalue weighted by atomic mass is 35.5. The molecule has 0 aromatic carbocycles. The van der Waals surface area contributed by atoms with Crippen molar-refractivity contribution < 1.29 is 0 Å². The molecule has 0 unspecified atom stereocenters. The molecule has 0 fully saturated rings. The molecule has 0 amide bonds. The van der Waals surface area contributed by atoms with Crippen molar-refractivity contribution in [2.45, 2.75) is 25.8 Å². The van der Waals surface area contributed by atoms with E-state index in [4.69, 9.17) is 23.4 Å². The van der Waals surface area contributed by atoms with Gasteiger partial charge in [-0.25, -0.2) is 4.84 Å². The van der Waals surface area contributed by atoms with Gasteiger partial charge in [-0.05, 0) is 32.0 Å². The van der Waals surface area contributed by atoms with Crippen LogP contribution in [0, 0.1) is 0 Å². The van der Waals surface area contributed by atoms with Crippen LogP contribution in [0.3, 0.4) is 0 Å². The van der Waals surface area contributed by atoms with Gasteiger partial charge in [-0.3, -0.25) is 0 Å². The maximum absolute atomic E-state index is 5.47. The topological polar surface area (TPSA) is 12.0 Å². The van der Waals surface area contributed by atoms with Crippen LogP contribution in [-0.4, -0.2) is 11.4 Å². The molecule has 0 rings (SSSR count). The lowest BCUT2D eigenvalue weighted by Gasteiger charge is -2.19. The molecule has 0 aliphatic carbocycles. The Morgan fingerprint density at radius 2 is 2.00 bits per heavy atom. The van der Waals surface area contributed by atoms with Gasteiger partial charge in [0, 0.05) is 11.4 Å². The Morgan fingerprint density at radius 1 is 1.50 bits per heavy atom. The molecule has 0 bridgehead atoms. The van der Waals surface area contributed by atoms with Crippen molar-refractivity contribution in [3.05, 3.63) is 0 Å². The van der Waals surface area contributed by atoms with Crippen molar-refractivity contribution in [3.63, 3.8) is 0 Å². The van der Waals surface area contributed by atoms with Gasteiger partial charge in [-0.2, -0.15) is 0 Å². The second-order valence-electron chi connectivity index (χ2n) is 2.42. The first-order valence-electron chi connectivity index (χ1n) is 2.56. The van der Waals surface area contributed by atoms with Gasteiger partial charge >= 0.3 is 0 Å². The van der Waals surface area contributed by atoms with Crippen LogP contribution in [0.2, 0.25) is 0 Å². The lowest BCUT2D eigenvalue weighted by Crippen LogP contribution is -2.32. The fourth-order valence-electron chi connectivity index (χ4n) is 0.283. The first-order chi connectivity index (χ1) is 3.62. The Balaban J connectivity index is 3.37. The standard InChI is InChI=1S/C5H11Cl2N/c1-5(2,8-7)3-4-6/h8H,3-4H2,1-2H3. The Labute approximate surface area is 60.5 Å². The molecular weight excluding hydrogens is 145 g/mol. The van der Waals surface area contributed by atoms with E-state index < -0.39 is 0 Å². The molecule has 0 radical (unpaired) electrons. The van der Waals surface area contributed by atoms with E-state index in [9.17, 15) is 0 Å². The molecule has 1 nitrogen and oxygen atoms in total. The van der Waals surface area contributed by atoms with Gasteiger partial charge in [0.25, 0.3) is 0 Å². The average Bonchev–Trinajstić information content (AvgIpc) is 1.67. The Hall–Kier alpha value is 0.540. The van der Waals surface area contributed by atoms with Gasteiger partial charge in [0.15, 0.2) is 0 Å². The molecule has 0 atom stereocenters. The Morgan fingerprint density at radius 3 is 2.12 bits per heavy atom. The fraction of sp³-hybridized carbons (Fsp3) is 1.00. The lowest BCUT2D eigenvalue weighted by atomic mass is 10.0. The summed E-state index contributed by atoms with van der Waals surface area (Å²) >= 11 is 10.8. The third-order valence-corrected chi connectivity index (χ3v) is 1.68. The van der Waals surface area contributed by atoms with Crippen molar-refractivity contribution in [3.8, 4) is 0 Å². The number of hydrogen-bond acceptors (Lipinski definition) is 1. The van der Waals surface area contributed by atoms with Gasteiger partial charge in [0.05, 0.1) is 0 Å². The Kier molecular flexibility index (Phi) is 3.78. The molecule has 0 saturated heterocycles. The highest BCUT2D eigenvalue weighted by Crippen LogP contribution is 2.08. The minimum atomic E-state index is -0.0245. The highest BCUT2D eigenvalue weighted by Gasteiger charge is 2.13. The second-order valence-corrected chi connectivity index (χ2v) is 2.98. The zero-order chi connectivity index (χ0) is 6.62. The summed E-state index contributed by atoms with van der Waals surface area (Å²) in [5.74, 6) is 0.646. The maximum atomic E-state index is 5.47. The van der Waals surface area contributed by atoms with Crippen LogP contribution in [0.15, 0.2) is 0 Å². The minimum absolute atomic E-state index is 0.0245. The summed E-state index contributed by atoms with van der Waals surface area (Å²) in [4.78, 5) is 2.63. The maximum Gasteiger partial charge on any atom is 0.0286 e. The van der Waals surface area contributed by atoms with E-state index in [1.165, 1.54) is 0 Å². The number of hydrogen-bond donors (Lipinski definition) is 1. The normalized spacial score (nSPS) is 12.0. The zero-order valence-electron chi connectivity index (χ0n) is 5.17. The third-order valence-electron chi connectivity index (χ3n) is 0.975. The zero-order valence-corrected chi connectivity index (χ0v) is 6.68. The lowest BCUT2D eigenvalue weighted by molar-refractivity contribution is 0.461. The first-order valence-corrected chi connectivity index (χ1v) is 3.47. The molecule has 0 saturated carbocycles. The van der Waals surface area contributed by atoms with E-state index in [0.717, 1.165) is 6.42 Å². The SMILES string of the molecule is CC(C)(CCCl)NCl. The quantitative estimate of drug-likeness (QED) is 0.487. The highest BCUT2D eigenvalue weighted by molar-refractivity contribution is 6.18. The molecule has 0 heterocycles. The predicted molar refractivity (Wildman–Crippen MR) is 38.4 cm³/mol. The van der Waals surface area contributed by atoms with E-state index in [0.29, 0.717) is 5.88 Å². The summed E-state index contributed by atoms with van der Waals surface area (Å²) in [6.07, 6.45) is 0.887. The number of alkyl halides is 1. The number of halogens is 2. The minimum Gasteiger partial charge on any atom is -0.228 e. The van der Waals surface area contributed by atoms with Gasteiger partial charge in [0.2, 0.25) is 0 Å². The third kappa shape index (κ3) is 3.53. The molecule has 0 aliphatic heterocycles. The van der Waals surface area contributed by atoms with Crippen LogP contribution < -0.4 is 4.84 Å². The van der Waals surface area contributed by atoms with Crippen LogP contribution in [-0.2, 0) is 0 Å². The Bertz CT molecular complexity index is 63.4. The number of rotatable bonds is 3. The monoisotopic (exact) mass is 155 g/mol. The van der Waals surface area contributed by atoms with Crippen molar-refractivity contribution in [1.29, 1.82) is 0 Å². The van der Waals surface area contributed by atoms with Crippen LogP contribution in [0.4, 0.5) is 0 Å². The van der Waals surface area contributed by atoms with Gasteiger partial charge in [0.1, 0.15) is 0 Å². The summed E-state index contributed by atoms with van der Waals surface area (Å²) in [6.45, 7) is 4.00. The fourth-order valence-corrected chi connectivity index (χ4v) is 0.850. The van der Waals surface area contributed by atoms with Crippen molar-refractivity contribution >= 4 is 23.4 Å². The van der Waals surface area contributed by atoms with Crippen LogP contribution in [0.5, 0.6) is 0 Å². The number of nitrogens with one attached hydrogen (secondary N) is 1. The summed E-state index contributed by atoms with van der Waals surface area (Å²) in [7, 11) is 0. The van der Waals surface area contributed by atoms with Crippen molar-refractivity contribution in [2.24, 2.45) is 0 Å². The molecular formula is C5H11Cl2N. The molecule has 8 heavy (non-hydrogen) atoms. The molecule has 0 aromatic rings. The summed E-state index contributed by atoms with van der Waals surface area (Å²) < 4.78 is 0. The van der Waals surface area contributed by atoms with E-state index in [-0.39, 0.29) is 5.54 Å². The van der Waals surface area contributed by atoms with Crippen molar-refractivity contribution in [2.75, 3.05) is 5.88 Å². The molecule has 0 spiro atoms. The summed E-state index contributed by atoms with van der Waals surface area (Å²) in [5.41, 5.74) is -0.0245. The smallest absolute Gasteiger partial charge is 0.0286 e.